The standard InChI is InChI=1S/C14H30O2/c1-4-5-6-7-8-9-11-15-12-10-13-16-14(2)3/h14H,4-13H2,1-3H3. The summed E-state index contributed by atoms with van der Waals surface area (Å²) in [5.74, 6) is 0. The smallest absolute Gasteiger partial charge is 0.0518 e. The van der Waals surface area contributed by atoms with Crippen molar-refractivity contribution in [2.75, 3.05) is 19.8 Å². The molecule has 0 heterocycles. The Morgan fingerprint density at radius 2 is 1.38 bits per heavy atom. The highest BCUT2D eigenvalue weighted by atomic mass is 16.5. The van der Waals surface area contributed by atoms with E-state index in [9.17, 15) is 0 Å². The average Bonchev–Trinajstić information content (AvgIpc) is 2.25. The van der Waals surface area contributed by atoms with Crippen molar-refractivity contribution in [3.8, 4) is 0 Å². The van der Waals surface area contributed by atoms with Gasteiger partial charge in [0.2, 0.25) is 0 Å². The van der Waals surface area contributed by atoms with Crippen LogP contribution in [0.3, 0.4) is 0 Å². The van der Waals surface area contributed by atoms with Gasteiger partial charge in [-0.2, -0.15) is 0 Å². The molecule has 0 amide bonds. The molecule has 0 saturated carbocycles. The summed E-state index contributed by atoms with van der Waals surface area (Å²) < 4.78 is 11.0. The van der Waals surface area contributed by atoms with Gasteiger partial charge in [0, 0.05) is 19.8 Å². The van der Waals surface area contributed by atoms with Crippen LogP contribution >= 0.6 is 0 Å². The summed E-state index contributed by atoms with van der Waals surface area (Å²) in [5, 5.41) is 0. The predicted molar refractivity (Wildman–Crippen MR) is 69.9 cm³/mol. The molecule has 16 heavy (non-hydrogen) atoms. The van der Waals surface area contributed by atoms with Crippen molar-refractivity contribution in [1.29, 1.82) is 0 Å². The summed E-state index contributed by atoms with van der Waals surface area (Å²) in [6.45, 7) is 8.99. The van der Waals surface area contributed by atoms with Crippen molar-refractivity contribution in [2.45, 2.75) is 71.8 Å². The number of hydrogen-bond donors (Lipinski definition) is 0. The summed E-state index contributed by atoms with van der Waals surface area (Å²) in [4.78, 5) is 0. The third-order valence-electron chi connectivity index (χ3n) is 2.53. The Labute approximate surface area is 102 Å². The molecule has 0 atom stereocenters. The van der Waals surface area contributed by atoms with Gasteiger partial charge in [-0.05, 0) is 26.7 Å². The molecule has 0 aromatic rings. The zero-order chi connectivity index (χ0) is 12.1. The van der Waals surface area contributed by atoms with Crippen LogP contribution in [0, 0.1) is 0 Å². The first-order chi connectivity index (χ1) is 7.77. The Hall–Kier alpha value is -0.0800. The topological polar surface area (TPSA) is 18.5 Å². The van der Waals surface area contributed by atoms with Crippen molar-refractivity contribution in [3.05, 3.63) is 0 Å². The van der Waals surface area contributed by atoms with Crippen LogP contribution in [0.5, 0.6) is 0 Å². The maximum absolute atomic E-state index is 5.54. The first-order valence-electron chi connectivity index (χ1n) is 6.96. The van der Waals surface area contributed by atoms with Crippen molar-refractivity contribution in [3.63, 3.8) is 0 Å². The molecule has 0 bridgehead atoms. The lowest BCUT2D eigenvalue weighted by Gasteiger charge is -2.07. The van der Waals surface area contributed by atoms with E-state index in [2.05, 4.69) is 20.8 Å². The predicted octanol–water partition coefficient (Wildman–Crippen LogP) is 4.18. The van der Waals surface area contributed by atoms with Crippen LogP contribution in [-0.4, -0.2) is 25.9 Å². The molecule has 0 aromatic heterocycles. The second-order valence-electron chi connectivity index (χ2n) is 4.65. The number of unbranched alkanes of at least 4 members (excludes halogenated alkanes) is 5. The van der Waals surface area contributed by atoms with Crippen LogP contribution in [0.2, 0.25) is 0 Å². The monoisotopic (exact) mass is 230 g/mol. The molecule has 0 aliphatic heterocycles. The maximum Gasteiger partial charge on any atom is 0.0518 e. The normalized spacial score (nSPS) is 11.2. The largest absolute Gasteiger partial charge is 0.381 e. The summed E-state index contributed by atoms with van der Waals surface area (Å²) in [5.41, 5.74) is 0. The van der Waals surface area contributed by atoms with E-state index in [0.717, 1.165) is 26.2 Å². The van der Waals surface area contributed by atoms with Gasteiger partial charge in [0.1, 0.15) is 0 Å². The lowest BCUT2D eigenvalue weighted by atomic mass is 10.1. The van der Waals surface area contributed by atoms with Gasteiger partial charge in [0.25, 0.3) is 0 Å². The van der Waals surface area contributed by atoms with E-state index in [0.29, 0.717) is 6.10 Å². The van der Waals surface area contributed by atoms with Crippen molar-refractivity contribution in [1.82, 2.24) is 0 Å². The third-order valence-corrected chi connectivity index (χ3v) is 2.53. The molecular weight excluding hydrogens is 200 g/mol. The third kappa shape index (κ3) is 13.9. The number of hydrogen-bond acceptors (Lipinski definition) is 2. The van der Waals surface area contributed by atoms with Crippen molar-refractivity contribution < 1.29 is 9.47 Å². The Morgan fingerprint density at radius 3 is 2.06 bits per heavy atom. The zero-order valence-electron chi connectivity index (χ0n) is 11.5. The second-order valence-corrected chi connectivity index (χ2v) is 4.65. The molecule has 2 nitrogen and oxygen atoms in total. The van der Waals surface area contributed by atoms with Gasteiger partial charge in [-0.3, -0.25) is 0 Å². The molecule has 0 rings (SSSR count). The van der Waals surface area contributed by atoms with Crippen LogP contribution in [-0.2, 0) is 9.47 Å². The van der Waals surface area contributed by atoms with Gasteiger partial charge in [-0.15, -0.1) is 0 Å². The molecular formula is C14H30O2. The first-order valence-corrected chi connectivity index (χ1v) is 6.96. The van der Waals surface area contributed by atoms with E-state index in [1.807, 2.05) is 0 Å². The van der Waals surface area contributed by atoms with E-state index >= 15 is 0 Å². The minimum atomic E-state index is 0.346. The molecule has 0 saturated heterocycles. The minimum absolute atomic E-state index is 0.346. The van der Waals surface area contributed by atoms with Gasteiger partial charge < -0.3 is 9.47 Å². The van der Waals surface area contributed by atoms with Crippen LogP contribution in [0.25, 0.3) is 0 Å². The fourth-order valence-electron chi connectivity index (χ4n) is 1.57. The van der Waals surface area contributed by atoms with Crippen LogP contribution in [0.1, 0.15) is 65.7 Å². The zero-order valence-corrected chi connectivity index (χ0v) is 11.5. The fourth-order valence-corrected chi connectivity index (χ4v) is 1.57. The van der Waals surface area contributed by atoms with Crippen LogP contribution < -0.4 is 0 Å². The SMILES string of the molecule is CCCCCCCCOCCCOC(C)C. The van der Waals surface area contributed by atoms with Gasteiger partial charge in [-0.25, -0.2) is 0 Å². The van der Waals surface area contributed by atoms with Gasteiger partial charge in [0.05, 0.1) is 6.10 Å². The molecule has 98 valence electrons. The Morgan fingerprint density at radius 1 is 0.750 bits per heavy atom. The van der Waals surface area contributed by atoms with E-state index in [4.69, 9.17) is 9.47 Å². The lowest BCUT2D eigenvalue weighted by molar-refractivity contribution is 0.0507. The van der Waals surface area contributed by atoms with Crippen LogP contribution in [0.15, 0.2) is 0 Å². The summed E-state index contributed by atoms with van der Waals surface area (Å²) >= 11 is 0. The molecule has 0 aliphatic carbocycles. The molecule has 0 N–H and O–H groups in total. The first kappa shape index (κ1) is 15.9. The maximum atomic E-state index is 5.54. The van der Waals surface area contributed by atoms with Gasteiger partial charge >= 0.3 is 0 Å². The molecule has 0 aliphatic rings. The highest BCUT2D eigenvalue weighted by Gasteiger charge is 1.94. The molecule has 2 heteroatoms. The molecule has 0 radical (unpaired) electrons. The van der Waals surface area contributed by atoms with E-state index in [1.54, 1.807) is 0 Å². The van der Waals surface area contributed by atoms with Gasteiger partial charge in [0.15, 0.2) is 0 Å². The highest BCUT2D eigenvalue weighted by molar-refractivity contribution is 4.44. The highest BCUT2D eigenvalue weighted by Crippen LogP contribution is 2.04. The van der Waals surface area contributed by atoms with Crippen LogP contribution in [0.4, 0.5) is 0 Å². The van der Waals surface area contributed by atoms with E-state index in [-0.39, 0.29) is 0 Å². The Bertz CT molecular complexity index is 124. The van der Waals surface area contributed by atoms with Crippen molar-refractivity contribution in [2.24, 2.45) is 0 Å². The molecule has 0 spiro atoms. The summed E-state index contributed by atoms with van der Waals surface area (Å²) in [6, 6.07) is 0. The lowest BCUT2D eigenvalue weighted by Crippen LogP contribution is -2.07. The molecule has 0 unspecified atom stereocenters. The Kier molecular flexibility index (Phi) is 12.9. The fraction of sp³-hybridized carbons (Fsp3) is 1.00. The molecule has 0 aromatic carbocycles. The van der Waals surface area contributed by atoms with E-state index in [1.165, 1.54) is 38.5 Å². The van der Waals surface area contributed by atoms with E-state index < -0.39 is 0 Å². The van der Waals surface area contributed by atoms with Crippen molar-refractivity contribution >= 4 is 0 Å². The number of ether oxygens (including phenoxy) is 2. The summed E-state index contributed by atoms with van der Waals surface area (Å²) in [6.07, 6.45) is 9.37. The average molecular weight is 230 g/mol. The summed E-state index contributed by atoms with van der Waals surface area (Å²) in [7, 11) is 0. The van der Waals surface area contributed by atoms with Gasteiger partial charge in [-0.1, -0.05) is 39.0 Å². The quantitative estimate of drug-likeness (QED) is 0.468. The minimum Gasteiger partial charge on any atom is -0.381 e. The number of rotatable bonds is 12. The molecule has 0 fully saturated rings. The Balaban J connectivity index is 2.88. The second kappa shape index (κ2) is 13.0.